The van der Waals surface area contributed by atoms with Crippen LogP contribution in [0.1, 0.15) is 18.4 Å². The van der Waals surface area contributed by atoms with Crippen LogP contribution in [0, 0.1) is 18.6 Å². The van der Waals surface area contributed by atoms with Gasteiger partial charge in [-0.1, -0.05) is 17.7 Å². The van der Waals surface area contributed by atoms with Crippen molar-refractivity contribution in [3.63, 3.8) is 0 Å². The van der Waals surface area contributed by atoms with Crippen LogP contribution < -0.4 is 9.47 Å². The lowest BCUT2D eigenvalue weighted by molar-refractivity contribution is -0.134. The number of likely N-dealkylation sites (tertiary alicyclic amines) is 1. The lowest BCUT2D eigenvalue weighted by Gasteiger charge is -2.35. The molecule has 10 heteroatoms. The van der Waals surface area contributed by atoms with Crippen molar-refractivity contribution in [1.82, 2.24) is 9.80 Å². The van der Waals surface area contributed by atoms with Crippen molar-refractivity contribution in [3.8, 4) is 11.5 Å². The number of rotatable bonds is 7. The Morgan fingerprint density at radius 1 is 1.09 bits per heavy atom. The van der Waals surface area contributed by atoms with E-state index in [-0.39, 0.29) is 41.8 Å². The van der Waals surface area contributed by atoms with Gasteiger partial charge in [0.2, 0.25) is 0 Å². The largest absolute Gasteiger partial charge is 0.490 e. The summed E-state index contributed by atoms with van der Waals surface area (Å²) in [5, 5.41) is -0.0148. The number of ether oxygens (including phenoxy) is 3. The van der Waals surface area contributed by atoms with Gasteiger partial charge in [0.25, 0.3) is 5.91 Å². The molecule has 0 spiro atoms. The summed E-state index contributed by atoms with van der Waals surface area (Å²) < 4.78 is 43.6. The van der Waals surface area contributed by atoms with E-state index < -0.39 is 18.0 Å². The molecule has 0 bridgehead atoms. The first-order valence-electron chi connectivity index (χ1n) is 11.0. The van der Waals surface area contributed by atoms with Gasteiger partial charge in [0.05, 0.1) is 11.6 Å². The minimum absolute atomic E-state index is 0.0148. The zero-order chi connectivity index (χ0) is 24.2. The molecule has 0 N–H and O–H groups in total. The molecule has 2 heterocycles. The molecule has 4 rings (SSSR count). The van der Waals surface area contributed by atoms with Crippen LogP contribution in [0.15, 0.2) is 36.4 Å². The molecule has 2 aliphatic heterocycles. The summed E-state index contributed by atoms with van der Waals surface area (Å²) in [5.74, 6) is -0.566. The van der Waals surface area contributed by atoms with Crippen LogP contribution in [-0.2, 0) is 9.53 Å². The molecule has 0 aliphatic carbocycles. The lowest BCUT2D eigenvalue weighted by Crippen LogP contribution is -2.48. The van der Waals surface area contributed by atoms with Gasteiger partial charge in [0, 0.05) is 31.3 Å². The summed E-state index contributed by atoms with van der Waals surface area (Å²) in [4.78, 5) is 28.2. The Kier molecular flexibility index (Phi) is 7.41. The summed E-state index contributed by atoms with van der Waals surface area (Å²) in [6, 6.07) is 8.57. The second kappa shape index (κ2) is 10.5. The highest BCUT2D eigenvalue weighted by atomic mass is 35.5. The van der Waals surface area contributed by atoms with Gasteiger partial charge in [0.15, 0.2) is 12.7 Å². The maximum Gasteiger partial charge on any atom is 0.410 e. The predicted molar refractivity (Wildman–Crippen MR) is 120 cm³/mol. The molecule has 1 unspecified atom stereocenters. The number of carbonyl (C=O) groups excluding carboxylic acids is 2. The number of halogens is 3. The zero-order valence-electron chi connectivity index (χ0n) is 18.6. The first-order chi connectivity index (χ1) is 16.3. The van der Waals surface area contributed by atoms with E-state index in [1.165, 1.54) is 18.2 Å². The van der Waals surface area contributed by atoms with Gasteiger partial charge in [-0.3, -0.25) is 4.79 Å². The molecule has 7 nitrogen and oxygen atoms in total. The third kappa shape index (κ3) is 5.70. The third-order valence-corrected chi connectivity index (χ3v) is 6.30. The molecule has 2 saturated heterocycles. The summed E-state index contributed by atoms with van der Waals surface area (Å²) in [6.07, 6.45) is 0.339. The average Bonchev–Trinajstić information content (AvgIpc) is 3.21. The van der Waals surface area contributed by atoms with Crippen molar-refractivity contribution in [2.45, 2.75) is 31.9 Å². The van der Waals surface area contributed by atoms with E-state index in [0.29, 0.717) is 43.8 Å². The van der Waals surface area contributed by atoms with E-state index in [9.17, 15) is 18.4 Å². The fourth-order valence-corrected chi connectivity index (χ4v) is 4.13. The number of aryl methyl sites for hydroxylation is 1. The molecule has 2 fully saturated rings. The summed E-state index contributed by atoms with van der Waals surface area (Å²) in [5.41, 5.74) is 0.529. The number of nitrogens with zero attached hydrogens (tertiary/aromatic N) is 2. The second-order valence-electron chi connectivity index (χ2n) is 8.36. The summed E-state index contributed by atoms with van der Waals surface area (Å²) in [7, 11) is 0. The number of cyclic esters (lactones) is 1. The van der Waals surface area contributed by atoms with Gasteiger partial charge >= 0.3 is 6.09 Å². The Morgan fingerprint density at radius 2 is 1.76 bits per heavy atom. The number of benzene rings is 2. The number of carbonyl (C=O) groups is 2. The molecule has 34 heavy (non-hydrogen) atoms. The van der Waals surface area contributed by atoms with Gasteiger partial charge < -0.3 is 24.0 Å². The second-order valence-corrected chi connectivity index (χ2v) is 8.76. The topological polar surface area (TPSA) is 68.3 Å². The predicted octanol–water partition coefficient (Wildman–Crippen LogP) is 4.20. The molecule has 0 aromatic heterocycles. The van der Waals surface area contributed by atoms with Gasteiger partial charge in [-0.05, 0) is 43.5 Å². The Morgan fingerprint density at radius 3 is 2.47 bits per heavy atom. The van der Waals surface area contributed by atoms with E-state index in [4.69, 9.17) is 25.8 Å². The summed E-state index contributed by atoms with van der Waals surface area (Å²) in [6.45, 7) is 2.89. The van der Waals surface area contributed by atoms with E-state index >= 15 is 0 Å². The monoisotopic (exact) mass is 494 g/mol. The van der Waals surface area contributed by atoms with Crippen molar-refractivity contribution in [3.05, 3.63) is 58.6 Å². The van der Waals surface area contributed by atoms with Crippen LogP contribution in [0.5, 0.6) is 11.5 Å². The van der Waals surface area contributed by atoms with Crippen molar-refractivity contribution in [2.75, 3.05) is 32.8 Å². The molecular formula is C24H25ClF2N2O5. The van der Waals surface area contributed by atoms with Crippen LogP contribution in [-0.4, -0.2) is 66.8 Å². The number of amides is 2. The van der Waals surface area contributed by atoms with Crippen molar-refractivity contribution < 1.29 is 32.6 Å². The minimum Gasteiger partial charge on any atom is -0.490 e. The van der Waals surface area contributed by atoms with Gasteiger partial charge in [-0.2, -0.15) is 0 Å². The Labute approximate surface area is 201 Å². The molecule has 0 saturated carbocycles. The van der Waals surface area contributed by atoms with E-state index in [1.54, 1.807) is 28.9 Å². The van der Waals surface area contributed by atoms with Gasteiger partial charge in [-0.15, -0.1) is 0 Å². The normalized spacial score (nSPS) is 18.7. The highest BCUT2D eigenvalue weighted by molar-refractivity contribution is 6.30. The third-order valence-electron chi connectivity index (χ3n) is 5.99. The van der Waals surface area contributed by atoms with E-state index in [0.717, 1.165) is 6.07 Å². The Balaban J connectivity index is 1.21. The maximum absolute atomic E-state index is 13.7. The van der Waals surface area contributed by atoms with E-state index in [1.807, 2.05) is 0 Å². The molecule has 2 aromatic rings. The quantitative estimate of drug-likeness (QED) is 0.577. The highest BCUT2D eigenvalue weighted by Gasteiger charge is 2.38. The van der Waals surface area contributed by atoms with Crippen LogP contribution in [0.3, 0.4) is 0 Å². The smallest absolute Gasteiger partial charge is 0.410 e. The molecule has 2 aliphatic rings. The van der Waals surface area contributed by atoms with Crippen LogP contribution >= 0.6 is 11.6 Å². The van der Waals surface area contributed by atoms with Gasteiger partial charge in [0.1, 0.15) is 29.7 Å². The highest BCUT2D eigenvalue weighted by Crippen LogP contribution is 2.24. The Hall–Kier alpha value is -3.07. The van der Waals surface area contributed by atoms with Crippen LogP contribution in [0.4, 0.5) is 13.6 Å². The van der Waals surface area contributed by atoms with Crippen molar-refractivity contribution in [1.29, 1.82) is 0 Å². The first kappa shape index (κ1) is 24.1. The molecule has 0 radical (unpaired) electrons. The van der Waals surface area contributed by atoms with Crippen molar-refractivity contribution in [2.24, 2.45) is 0 Å². The van der Waals surface area contributed by atoms with Crippen LogP contribution in [0.2, 0.25) is 5.02 Å². The number of piperidine rings is 1. The van der Waals surface area contributed by atoms with Crippen molar-refractivity contribution >= 4 is 23.6 Å². The van der Waals surface area contributed by atoms with E-state index in [2.05, 4.69) is 0 Å². The summed E-state index contributed by atoms with van der Waals surface area (Å²) >= 11 is 5.65. The fraction of sp³-hybridized carbons (Fsp3) is 0.417. The fourth-order valence-electron chi connectivity index (χ4n) is 4.01. The Bertz CT molecular complexity index is 1060. The van der Waals surface area contributed by atoms with Gasteiger partial charge in [-0.25, -0.2) is 13.6 Å². The molecule has 2 aromatic carbocycles. The molecule has 182 valence electrons. The minimum atomic E-state index is -0.611. The maximum atomic E-state index is 13.7. The number of hydrogen-bond acceptors (Lipinski definition) is 5. The molecule has 1 atom stereocenters. The number of hydrogen-bond donors (Lipinski definition) is 0. The van der Waals surface area contributed by atoms with Crippen LogP contribution in [0.25, 0.3) is 0 Å². The lowest BCUT2D eigenvalue weighted by atomic mass is 10.0. The first-order valence-corrected chi connectivity index (χ1v) is 11.4. The zero-order valence-corrected chi connectivity index (χ0v) is 19.4. The standard InChI is InChI=1S/C24H25ClF2N2O5/c1-15-2-3-17(10-21(15)26)32-13-19-12-29(24(31)34-19)16-6-8-28(9-7-16)23(30)14-33-18-4-5-20(25)22(27)11-18/h2-5,10-11,16,19H,6-9,12-14H2,1H3. The molecule has 2 amide bonds. The SMILES string of the molecule is Cc1ccc(OCC2CN(C3CCN(C(=O)COc4ccc(Cl)c(F)c4)CC3)C(=O)O2)cc1F. The molecular weight excluding hydrogens is 470 g/mol. The average molecular weight is 495 g/mol.